The van der Waals surface area contributed by atoms with Gasteiger partial charge in [0.05, 0.1) is 11.2 Å². The Kier molecular flexibility index (Phi) is 8.07. The van der Waals surface area contributed by atoms with E-state index in [0.29, 0.717) is 5.82 Å². The Hall–Kier alpha value is -8.60. The van der Waals surface area contributed by atoms with Crippen LogP contribution in [0.4, 0.5) is 0 Å². The van der Waals surface area contributed by atoms with E-state index in [1.807, 2.05) is 36.9 Å². The van der Waals surface area contributed by atoms with Gasteiger partial charge in [0.25, 0.3) is 0 Å². The number of nitrogens with zero attached hydrogens (tertiary/aromatic N) is 4. The summed E-state index contributed by atoms with van der Waals surface area (Å²) in [6.07, 6.45) is 9.36. The molecule has 3 aromatic heterocycles. The summed E-state index contributed by atoms with van der Waals surface area (Å²) in [5.74, 6) is 0.683. The van der Waals surface area contributed by atoms with Crippen LogP contribution in [0.25, 0.3) is 122 Å². The maximum Gasteiger partial charge on any atom is 0.160 e. The molecule has 306 valence electrons. The van der Waals surface area contributed by atoms with Crippen LogP contribution in [0.3, 0.4) is 0 Å². The molecule has 0 N–H and O–H groups in total. The van der Waals surface area contributed by atoms with Crippen LogP contribution < -0.4 is 10.4 Å². The van der Waals surface area contributed by atoms with Gasteiger partial charge in [0.1, 0.15) is 0 Å². The van der Waals surface area contributed by atoms with Crippen molar-refractivity contribution < 1.29 is 0 Å². The fourth-order valence-corrected chi connectivity index (χ4v) is 11.1. The van der Waals surface area contributed by atoms with Crippen molar-refractivity contribution in [2.45, 2.75) is 12.8 Å². The molecule has 4 heteroatoms. The van der Waals surface area contributed by atoms with Crippen LogP contribution in [0, 0.1) is 0 Å². The van der Waals surface area contributed by atoms with Gasteiger partial charge in [0.15, 0.2) is 5.82 Å². The summed E-state index contributed by atoms with van der Waals surface area (Å²) >= 11 is 0. The van der Waals surface area contributed by atoms with E-state index in [9.17, 15) is 0 Å². The predicted molar refractivity (Wildman–Crippen MR) is 270 cm³/mol. The number of fused-ring (bicyclic) bond motifs is 7. The van der Waals surface area contributed by atoms with E-state index in [-0.39, 0.29) is 0 Å². The van der Waals surface area contributed by atoms with Gasteiger partial charge in [-0.2, -0.15) is 0 Å². The molecule has 0 fully saturated rings. The maximum absolute atomic E-state index is 5.63. The standard InChI is InChI=1S/C62H38N4/c1-3-13-47-45(11-1)51-16-5-15-50-44(27-29-54(47)58(50)51)43-33-56(49-28-30-55-48-14-4-2-12-46(48)52-17-6-18-53(49)59(52)55)61-57(34-43)60(39-23-19-37(20-24-39)41-9-7-31-63-35-41)65-62(66-61)40-25-21-38(22-26-40)42-10-8-32-64-36-42/h1-26,28,30-36H,27,29H2. The van der Waals surface area contributed by atoms with E-state index >= 15 is 0 Å². The fourth-order valence-electron chi connectivity index (χ4n) is 11.1. The van der Waals surface area contributed by atoms with Gasteiger partial charge in [-0.05, 0) is 142 Å². The molecule has 8 aromatic carbocycles. The second-order valence-corrected chi connectivity index (χ2v) is 17.6. The second-order valence-electron chi connectivity index (χ2n) is 17.6. The van der Waals surface area contributed by atoms with Gasteiger partial charge in [0.2, 0.25) is 0 Å². The van der Waals surface area contributed by atoms with Crippen molar-refractivity contribution in [3.63, 3.8) is 0 Å². The topological polar surface area (TPSA) is 51.6 Å². The van der Waals surface area contributed by atoms with Crippen molar-refractivity contribution in [2.75, 3.05) is 0 Å². The molecule has 0 radical (unpaired) electrons. The number of aromatic nitrogens is 4. The van der Waals surface area contributed by atoms with E-state index in [1.165, 1.54) is 82.4 Å². The summed E-state index contributed by atoms with van der Waals surface area (Å²) in [5.41, 5.74) is 23.6. The predicted octanol–water partition coefficient (Wildman–Crippen LogP) is 13.7. The Labute approximate surface area is 381 Å². The van der Waals surface area contributed by atoms with Crippen molar-refractivity contribution in [3.05, 3.63) is 228 Å². The van der Waals surface area contributed by atoms with E-state index in [1.54, 1.807) is 0 Å². The molecule has 66 heavy (non-hydrogen) atoms. The molecule has 3 heterocycles. The molecule has 3 aliphatic carbocycles. The number of hydrogen-bond acceptors (Lipinski definition) is 4. The number of pyridine rings is 2. The lowest BCUT2D eigenvalue weighted by atomic mass is 9.85. The summed E-state index contributed by atoms with van der Waals surface area (Å²) in [5, 5.41) is 6.25. The number of benzene rings is 8. The Morgan fingerprint density at radius 1 is 0.333 bits per heavy atom. The van der Waals surface area contributed by atoms with Crippen LogP contribution in [0.5, 0.6) is 0 Å². The first-order valence-electron chi connectivity index (χ1n) is 22.7. The van der Waals surface area contributed by atoms with Crippen molar-refractivity contribution in [1.29, 1.82) is 0 Å². The van der Waals surface area contributed by atoms with Crippen LogP contribution in [-0.4, -0.2) is 19.9 Å². The Morgan fingerprint density at radius 2 is 0.909 bits per heavy atom. The van der Waals surface area contributed by atoms with Crippen molar-refractivity contribution in [3.8, 4) is 89.4 Å². The molecule has 0 amide bonds. The highest BCUT2D eigenvalue weighted by Crippen LogP contribution is 2.50. The molecule has 11 aromatic rings. The third-order valence-electron chi connectivity index (χ3n) is 14.1. The molecule has 0 atom stereocenters. The molecule has 4 nitrogen and oxygen atoms in total. The van der Waals surface area contributed by atoms with Gasteiger partial charge in [-0.15, -0.1) is 0 Å². The monoisotopic (exact) mass is 838 g/mol. The van der Waals surface area contributed by atoms with Crippen LogP contribution in [0.2, 0.25) is 0 Å². The first-order chi connectivity index (χ1) is 32.7. The minimum absolute atomic E-state index is 0.683. The van der Waals surface area contributed by atoms with E-state index in [2.05, 4.69) is 180 Å². The zero-order valence-corrected chi connectivity index (χ0v) is 35.8. The van der Waals surface area contributed by atoms with Crippen LogP contribution in [0.1, 0.15) is 24.0 Å². The van der Waals surface area contributed by atoms with Gasteiger partial charge in [-0.25, -0.2) is 9.97 Å². The second kappa shape index (κ2) is 14.5. The molecule has 0 bridgehead atoms. The SMILES string of the molecule is c1cncc(-c2ccc(-c3nc(-c4ccc(-c5cccnc5)cc4)c4cc(C5=c6cccc7c6=C(CC5)c5ccccc5-7)cc(-c5ccc6c7c(cccc57)-c5ccccc5-6)c4n3)cc2)c1. The summed E-state index contributed by atoms with van der Waals surface area (Å²) < 4.78 is 0. The zero-order valence-electron chi connectivity index (χ0n) is 35.8. The van der Waals surface area contributed by atoms with Gasteiger partial charge in [-0.3, -0.25) is 9.97 Å². The van der Waals surface area contributed by atoms with Crippen molar-refractivity contribution in [1.82, 2.24) is 19.9 Å². The summed E-state index contributed by atoms with van der Waals surface area (Å²) in [4.78, 5) is 20.0. The first kappa shape index (κ1) is 36.8. The van der Waals surface area contributed by atoms with E-state index < -0.39 is 0 Å². The largest absolute Gasteiger partial charge is 0.264 e. The molecule has 0 unspecified atom stereocenters. The highest BCUT2D eigenvalue weighted by Gasteiger charge is 2.27. The molecular weight excluding hydrogens is 801 g/mol. The third-order valence-corrected chi connectivity index (χ3v) is 14.1. The lowest BCUT2D eigenvalue weighted by Gasteiger charge is -2.20. The van der Waals surface area contributed by atoms with Gasteiger partial charge in [-0.1, -0.05) is 158 Å². The average Bonchev–Trinajstić information content (AvgIpc) is 3.90. The smallest absolute Gasteiger partial charge is 0.160 e. The fraction of sp³-hybridized carbons (Fsp3) is 0.0323. The molecule has 0 aliphatic heterocycles. The minimum Gasteiger partial charge on any atom is -0.264 e. The van der Waals surface area contributed by atoms with Gasteiger partial charge >= 0.3 is 0 Å². The number of rotatable bonds is 6. The Morgan fingerprint density at radius 3 is 1.61 bits per heavy atom. The summed E-state index contributed by atoms with van der Waals surface area (Å²) in [6, 6.07) is 66.4. The lowest BCUT2D eigenvalue weighted by molar-refractivity contribution is 1.05. The van der Waals surface area contributed by atoms with Gasteiger partial charge in [0, 0.05) is 46.9 Å². The molecule has 14 rings (SSSR count). The van der Waals surface area contributed by atoms with Crippen LogP contribution >= 0.6 is 0 Å². The average molecular weight is 839 g/mol. The van der Waals surface area contributed by atoms with Crippen LogP contribution in [-0.2, 0) is 0 Å². The Bertz CT molecular complexity index is 3920. The van der Waals surface area contributed by atoms with E-state index in [0.717, 1.165) is 68.4 Å². The summed E-state index contributed by atoms with van der Waals surface area (Å²) in [7, 11) is 0. The third kappa shape index (κ3) is 5.58. The molecular formula is C62H38N4. The normalized spacial score (nSPS) is 13.0. The van der Waals surface area contributed by atoms with Crippen molar-refractivity contribution in [2.24, 2.45) is 0 Å². The molecule has 0 saturated heterocycles. The van der Waals surface area contributed by atoms with Gasteiger partial charge < -0.3 is 0 Å². The minimum atomic E-state index is 0.683. The zero-order chi connectivity index (χ0) is 43.3. The molecule has 0 spiro atoms. The molecule has 3 aliphatic rings. The Balaban J connectivity index is 1.07. The van der Waals surface area contributed by atoms with E-state index in [4.69, 9.17) is 9.97 Å². The van der Waals surface area contributed by atoms with Crippen molar-refractivity contribution >= 4 is 32.8 Å². The highest BCUT2D eigenvalue weighted by atomic mass is 14.9. The first-order valence-corrected chi connectivity index (χ1v) is 22.7. The molecule has 0 saturated carbocycles. The number of hydrogen-bond donors (Lipinski definition) is 0. The van der Waals surface area contributed by atoms with Crippen LogP contribution in [0.15, 0.2) is 207 Å². The summed E-state index contributed by atoms with van der Waals surface area (Å²) in [6.45, 7) is 0. The maximum atomic E-state index is 5.63. The lowest BCUT2D eigenvalue weighted by Crippen LogP contribution is -2.32. The quantitative estimate of drug-likeness (QED) is 0.167. The highest BCUT2D eigenvalue weighted by molar-refractivity contribution is 6.20.